The number of nitrogens with zero attached hydrogens (tertiary/aromatic N) is 1. The van der Waals surface area contributed by atoms with Crippen molar-refractivity contribution in [2.24, 2.45) is 0 Å². The van der Waals surface area contributed by atoms with Gasteiger partial charge in [0.05, 0.1) is 4.92 Å². The SMILES string of the molecule is CCCC(NCc1ccc(C(C)C)c([N+](=O)[O-])c1)C(=O)O. The third-order valence-electron chi connectivity index (χ3n) is 3.34. The fourth-order valence-corrected chi connectivity index (χ4v) is 2.19. The van der Waals surface area contributed by atoms with Gasteiger partial charge in [-0.2, -0.15) is 0 Å². The average molecular weight is 294 g/mol. The monoisotopic (exact) mass is 294 g/mol. The van der Waals surface area contributed by atoms with E-state index in [9.17, 15) is 14.9 Å². The highest BCUT2D eigenvalue weighted by Crippen LogP contribution is 2.27. The molecular weight excluding hydrogens is 272 g/mol. The molecule has 0 radical (unpaired) electrons. The molecule has 0 aromatic heterocycles. The Morgan fingerprint density at radius 3 is 2.57 bits per heavy atom. The smallest absolute Gasteiger partial charge is 0.320 e. The number of nitro benzene ring substituents is 1. The van der Waals surface area contributed by atoms with Crippen molar-refractivity contribution in [3.63, 3.8) is 0 Å². The quantitative estimate of drug-likeness (QED) is 0.568. The topological polar surface area (TPSA) is 92.5 Å². The summed E-state index contributed by atoms with van der Waals surface area (Å²) in [4.78, 5) is 21.8. The molecule has 0 aliphatic carbocycles. The number of carboxylic acid groups (broad SMARTS) is 1. The zero-order chi connectivity index (χ0) is 16.0. The number of carbonyl (C=O) groups is 1. The van der Waals surface area contributed by atoms with Crippen molar-refractivity contribution in [3.8, 4) is 0 Å². The first-order valence-corrected chi connectivity index (χ1v) is 7.10. The first-order chi connectivity index (χ1) is 9.86. The molecule has 0 bridgehead atoms. The van der Waals surface area contributed by atoms with Gasteiger partial charge in [-0.1, -0.05) is 39.3 Å². The van der Waals surface area contributed by atoms with E-state index in [0.29, 0.717) is 24.1 Å². The molecule has 6 nitrogen and oxygen atoms in total. The fraction of sp³-hybridized carbons (Fsp3) is 0.533. The van der Waals surface area contributed by atoms with Crippen LogP contribution in [0, 0.1) is 10.1 Å². The number of hydrogen-bond acceptors (Lipinski definition) is 4. The highest BCUT2D eigenvalue weighted by Gasteiger charge is 2.19. The number of hydrogen-bond donors (Lipinski definition) is 2. The van der Waals surface area contributed by atoms with Crippen molar-refractivity contribution < 1.29 is 14.8 Å². The maximum atomic E-state index is 11.1. The van der Waals surface area contributed by atoms with E-state index in [1.54, 1.807) is 12.1 Å². The lowest BCUT2D eigenvalue weighted by Crippen LogP contribution is -2.36. The summed E-state index contributed by atoms with van der Waals surface area (Å²) in [5.74, 6) is -0.829. The molecule has 0 amide bonds. The lowest BCUT2D eigenvalue weighted by atomic mass is 9.99. The van der Waals surface area contributed by atoms with Crippen LogP contribution in [0.4, 0.5) is 5.69 Å². The summed E-state index contributed by atoms with van der Waals surface area (Å²) in [6.07, 6.45) is 1.29. The minimum absolute atomic E-state index is 0.0688. The normalized spacial score (nSPS) is 12.4. The van der Waals surface area contributed by atoms with E-state index in [2.05, 4.69) is 5.32 Å². The maximum absolute atomic E-state index is 11.1. The molecular formula is C15H22N2O4. The summed E-state index contributed by atoms with van der Waals surface area (Å²) in [5.41, 5.74) is 1.49. The van der Waals surface area contributed by atoms with Crippen molar-refractivity contribution in [1.29, 1.82) is 0 Å². The first-order valence-electron chi connectivity index (χ1n) is 7.10. The van der Waals surface area contributed by atoms with Gasteiger partial charge in [-0.05, 0) is 17.9 Å². The third kappa shape index (κ3) is 4.82. The number of carboxylic acids is 1. The first kappa shape index (κ1) is 17.1. The van der Waals surface area contributed by atoms with Gasteiger partial charge in [0.1, 0.15) is 6.04 Å². The Balaban J connectivity index is 2.87. The van der Waals surface area contributed by atoms with E-state index in [4.69, 9.17) is 5.11 Å². The van der Waals surface area contributed by atoms with E-state index in [1.165, 1.54) is 6.07 Å². The van der Waals surface area contributed by atoms with Crippen molar-refractivity contribution in [2.75, 3.05) is 0 Å². The van der Waals surface area contributed by atoms with Crippen molar-refractivity contribution in [1.82, 2.24) is 5.32 Å². The summed E-state index contributed by atoms with van der Waals surface area (Å²) in [6, 6.07) is 4.45. The molecule has 1 unspecified atom stereocenters. The van der Waals surface area contributed by atoms with Crippen LogP contribution in [0.5, 0.6) is 0 Å². The Hall–Kier alpha value is -1.95. The molecule has 116 valence electrons. The highest BCUT2D eigenvalue weighted by molar-refractivity contribution is 5.73. The minimum Gasteiger partial charge on any atom is -0.480 e. The zero-order valence-corrected chi connectivity index (χ0v) is 12.6. The number of rotatable bonds is 8. The zero-order valence-electron chi connectivity index (χ0n) is 12.6. The number of aliphatic carboxylic acids is 1. The predicted molar refractivity (Wildman–Crippen MR) is 80.4 cm³/mol. The van der Waals surface area contributed by atoms with Gasteiger partial charge in [0, 0.05) is 18.2 Å². The maximum Gasteiger partial charge on any atom is 0.320 e. The second-order valence-electron chi connectivity index (χ2n) is 5.37. The molecule has 6 heteroatoms. The van der Waals surface area contributed by atoms with Crippen LogP contribution < -0.4 is 5.32 Å². The Morgan fingerprint density at radius 2 is 2.10 bits per heavy atom. The second-order valence-corrected chi connectivity index (χ2v) is 5.37. The van der Waals surface area contributed by atoms with Gasteiger partial charge in [-0.25, -0.2) is 0 Å². The van der Waals surface area contributed by atoms with Crippen molar-refractivity contribution >= 4 is 11.7 Å². The fourth-order valence-electron chi connectivity index (χ4n) is 2.19. The molecule has 2 N–H and O–H groups in total. The predicted octanol–water partition coefficient (Wildman–Crippen LogP) is 3.06. The molecule has 0 spiro atoms. The lowest BCUT2D eigenvalue weighted by Gasteiger charge is -2.14. The third-order valence-corrected chi connectivity index (χ3v) is 3.34. The van der Waals surface area contributed by atoms with E-state index in [-0.39, 0.29) is 16.5 Å². The van der Waals surface area contributed by atoms with Gasteiger partial charge in [0.2, 0.25) is 0 Å². The van der Waals surface area contributed by atoms with Gasteiger partial charge in [-0.15, -0.1) is 0 Å². The van der Waals surface area contributed by atoms with Crippen LogP contribution in [0.2, 0.25) is 0 Å². The van der Waals surface area contributed by atoms with Crippen LogP contribution in [0.15, 0.2) is 18.2 Å². The summed E-state index contributed by atoms with van der Waals surface area (Å²) in [7, 11) is 0. The van der Waals surface area contributed by atoms with Crippen LogP contribution in [0.3, 0.4) is 0 Å². The average Bonchev–Trinajstić information content (AvgIpc) is 2.42. The van der Waals surface area contributed by atoms with Gasteiger partial charge >= 0.3 is 5.97 Å². The Bertz CT molecular complexity index is 514. The van der Waals surface area contributed by atoms with E-state index in [1.807, 2.05) is 20.8 Å². The summed E-state index contributed by atoms with van der Waals surface area (Å²) in [6.45, 7) is 6.03. The van der Waals surface area contributed by atoms with E-state index >= 15 is 0 Å². The minimum atomic E-state index is -0.898. The number of nitro groups is 1. The largest absolute Gasteiger partial charge is 0.480 e. The molecule has 0 saturated heterocycles. The molecule has 0 heterocycles. The van der Waals surface area contributed by atoms with Crippen LogP contribution in [-0.2, 0) is 11.3 Å². The van der Waals surface area contributed by atoms with Gasteiger partial charge in [0.25, 0.3) is 5.69 Å². The molecule has 0 aliphatic rings. The molecule has 1 aromatic rings. The molecule has 0 saturated carbocycles. The standard InChI is InChI=1S/C15H22N2O4/c1-4-5-13(15(18)19)16-9-11-6-7-12(10(2)3)14(8-11)17(20)21/h6-8,10,13,16H,4-5,9H2,1-3H3,(H,18,19). The van der Waals surface area contributed by atoms with Gasteiger partial charge in [0.15, 0.2) is 0 Å². The van der Waals surface area contributed by atoms with E-state index < -0.39 is 12.0 Å². The highest BCUT2D eigenvalue weighted by atomic mass is 16.6. The Morgan fingerprint density at radius 1 is 1.43 bits per heavy atom. The molecule has 0 fully saturated rings. The molecule has 1 rings (SSSR count). The number of benzene rings is 1. The number of nitrogens with one attached hydrogen (secondary N) is 1. The molecule has 1 aromatic carbocycles. The Kier molecular flexibility index (Phi) is 6.30. The van der Waals surface area contributed by atoms with Crippen LogP contribution in [0.25, 0.3) is 0 Å². The molecule has 1 atom stereocenters. The summed E-state index contributed by atoms with van der Waals surface area (Å²) >= 11 is 0. The van der Waals surface area contributed by atoms with Crippen molar-refractivity contribution in [2.45, 2.75) is 52.1 Å². The van der Waals surface area contributed by atoms with E-state index in [0.717, 1.165) is 6.42 Å². The summed E-state index contributed by atoms with van der Waals surface area (Å²) < 4.78 is 0. The molecule has 0 aliphatic heterocycles. The van der Waals surface area contributed by atoms with Crippen LogP contribution >= 0.6 is 0 Å². The van der Waals surface area contributed by atoms with Gasteiger partial charge < -0.3 is 10.4 Å². The Labute approximate surface area is 124 Å². The van der Waals surface area contributed by atoms with Crippen LogP contribution in [0.1, 0.15) is 50.7 Å². The summed E-state index contributed by atoms with van der Waals surface area (Å²) in [5, 5.41) is 23.1. The van der Waals surface area contributed by atoms with Crippen LogP contribution in [-0.4, -0.2) is 22.0 Å². The molecule has 21 heavy (non-hydrogen) atoms. The lowest BCUT2D eigenvalue weighted by molar-refractivity contribution is -0.385. The van der Waals surface area contributed by atoms with Gasteiger partial charge in [-0.3, -0.25) is 14.9 Å². The van der Waals surface area contributed by atoms with Crippen molar-refractivity contribution in [3.05, 3.63) is 39.4 Å². The second kappa shape index (κ2) is 7.73.